The van der Waals surface area contributed by atoms with Gasteiger partial charge in [-0.1, -0.05) is 30.6 Å². The molecule has 6 nitrogen and oxygen atoms in total. The lowest BCUT2D eigenvalue weighted by Gasteiger charge is -2.22. The quantitative estimate of drug-likeness (QED) is 0.478. The second-order valence-electron chi connectivity index (χ2n) is 7.52. The van der Waals surface area contributed by atoms with Gasteiger partial charge in [0.1, 0.15) is 5.69 Å². The molecule has 1 fully saturated rings. The zero-order chi connectivity index (χ0) is 22.9. The second-order valence-corrected chi connectivity index (χ2v) is 8.53. The number of pyridine rings is 1. The molecule has 3 aromatic rings. The number of hydrogen-bond acceptors (Lipinski definition) is 6. The van der Waals surface area contributed by atoms with Crippen LogP contribution < -0.4 is 5.56 Å². The van der Waals surface area contributed by atoms with Crippen molar-refractivity contribution in [3.8, 4) is 10.7 Å². The highest BCUT2D eigenvalue weighted by molar-refractivity contribution is 7.14. The summed E-state index contributed by atoms with van der Waals surface area (Å²) < 4.78 is 67.1. The topological polar surface area (TPSA) is 73.6 Å². The molecular weight excluding hydrogens is 453 g/mol. The van der Waals surface area contributed by atoms with Crippen molar-refractivity contribution in [2.24, 2.45) is 0 Å². The fourth-order valence-electron chi connectivity index (χ4n) is 3.87. The third-order valence-corrected chi connectivity index (χ3v) is 6.34. The SMILES string of the molecule is O=c1c(C2CCCCC2)cc(-c2nnc(C(F)F)s2)nn1Cc1ncccc1C(F)(F)F. The standard InChI is InChI=1S/C20H18F5N5OS/c21-16(22)18-28-27-17(32-18)14-9-12(11-5-2-1-3-6-11)19(31)30(29-14)10-15-13(20(23,24)25)7-4-8-26-15/h4,7-9,11,16H,1-3,5-6,10H2. The third-order valence-electron chi connectivity index (χ3n) is 5.39. The molecule has 170 valence electrons. The summed E-state index contributed by atoms with van der Waals surface area (Å²) >= 11 is 0.632. The molecule has 1 saturated carbocycles. The molecule has 0 amide bonds. The molecule has 1 aliphatic carbocycles. The van der Waals surface area contributed by atoms with Crippen LogP contribution >= 0.6 is 11.3 Å². The number of aromatic nitrogens is 5. The van der Waals surface area contributed by atoms with E-state index in [1.165, 1.54) is 18.3 Å². The molecule has 0 saturated heterocycles. The predicted octanol–water partition coefficient (Wildman–Crippen LogP) is 5.21. The first kappa shape index (κ1) is 22.4. The predicted molar refractivity (Wildman–Crippen MR) is 107 cm³/mol. The van der Waals surface area contributed by atoms with Crippen LogP contribution in [-0.4, -0.2) is 25.0 Å². The van der Waals surface area contributed by atoms with Crippen LogP contribution in [0.3, 0.4) is 0 Å². The lowest BCUT2D eigenvalue weighted by Crippen LogP contribution is -2.30. The highest BCUT2D eigenvalue weighted by Gasteiger charge is 2.34. The lowest BCUT2D eigenvalue weighted by molar-refractivity contribution is -0.138. The maximum Gasteiger partial charge on any atom is 0.418 e. The normalized spacial score (nSPS) is 15.4. The summed E-state index contributed by atoms with van der Waals surface area (Å²) in [6.45, 7) is -0.511. The van der Waals surface area contributed by atoms with Gasteiger partial charge in [0.15, 0.2) is 10.0 Å². The van der Waals surface area contributed by atoms with Crippen molar-refractivity contribution in [2.45, 2.75) is 57.2 Å². The number of rotatable bonds is 5. The van der Waals surface area contributed by atoms with E-state index >= 15 is 0 Å². The molecule has 0 radical (unpaired) electrons. The number of hydrogen-bond donors (Lipinski definition) is 0. The summed E-state index contributed by atoms with van der Waals surface area (Å²) in [6.07, 6.45) is -1.84. The van der Waals surface area contributed by atoms with E-state index < -0.39 is 35.3 Å². The molecule has 32 heavy (non-hydrogen) atoms. The maximum atomic E-state index is 13.4. The Morgan fingerprint density at radius 1 is 1.16 bits per heavy atom. The largest absolute Gasteiger partial charge is 0.418 e. The van der Waals surface area contributed by atoms with Gasteiger partial charge in [-0.3, -0.25) is 9.78 Å². The molecule has 0 aliphatic heterocycles. The van der Waals surface area contributed by atoms with E-state index in [2.05, 4.69) is 20.3 Å². The third kappa shape index (κ3) is 4.69. The van der Waals surface area contributed by atoms with E-state index in [0.717, 1.165) is 42.9 Å². The Kier molecular flexibility index (Phi) is 6.31. The van der Waals surface area contributed by atoms with Gasteiger partial charge in [-0.15, -0.1) is 10.2 Å². The van der Waals surface area contributed by atoms with Crippen molar-refractivity contribution in [3.05, 3.63) is 56.6 Å². The van der Waals surface area contributed by atoms with Gasteiger partial charge in [-0.25, -0.2) is 13.5 Å². The maximum absolute atomic E-state index is 13.4. The molecule has 12 heteroatoms. The van der Waals surface area contributed by atoms with Crippen LogP contribution in [-0.2, 0) is 12.7 Å². The summed E-state index contributed by atoms with van der Waals surface area (Å²) in [4.78, 5) is 17.0. The van der Waals surface area contributed by atoms with E-state index in [9.17, 15) is 26.7 Å². The first-order valence-corrected chi connectivity index (χ1v) is 10.8. The van der Waals surface area contributed by atoms with Crippen molar-refractivity contribution < 1.29 is 22.0 Å². The molecular formula is C20H18F5N5OS. The van der Waals surface area contributed by atoms with Gasteiger partial charge in [0.2, 0.25) is 0 Å². The molecule has 1 aliphatic rings. The van der Waals surface area contributed by atoms with Gasteiger partial charge in [0.25, 0.3) is 12.0 Å². The Bertz CT molecular complexity index is 1150. The Balaban J connectivity index is 1.82. The monoisotopic (exact) mass is 471 g/mol. The smallest absolute Gasteiger partial charge is 0.267 e. The molecule has 0 atom stereocenters. The molecule has 0 bridgehead atoms. The van der Waals surface area contributed by atoms with E-state index in [1.54, 1.807) is 0 Å². The molecule has 0 spiro atoms. The lowest BCUT2D eigenvalue weighted by atomic mass is 9.84. The summed E-state index contributed by atoms with van der Waals surface area (Å²) in [7, 11) is 0. The molecule has 0 N–H and O–H groups in total. The van der Waals surface area contributed by atoms with Gasteiger partial charge in [0.05, 0.1) is 17.8 Å². The number of alkyl halides is 5. The molecule has 0 aromatic carbocycles. The summed E-state index contributed by atoms with van der Waals surface area (Å²) in [6, 6.07) is 3.56. The minimum absolute atomic E-state index is 0.0724. The van der Waals surface area contributed by atoms with Crippen LogP contribution in [0, 0.1) is 0 Å². The van der Waals surface area contributed by atoms with E-state index in [4.69, 9.17) is 0 Å². The van der Waals surface area contributed by atoms with Gasteiger partial charge in [-0.2, -0.15) is 18.3 Å². The fraction of sp³-hybridized carbons (Fsp3) is 0.450. The Hall–Kier alpha value is -2.76. The average molecular weight is 471 g/mol. The first-order valence-electron chi connectivity index (χ1n) is 9.99. The first-order chi connectivity index (χ1) is 15.2. The minimum atomic E-state index is -4.65. The highest BCUT2D eigenvalue weighted by atomic mass is 32.1. The van der Waals surface area contributed by atoms with Gasteiger partial charge < -0.3 is 0 Å². The highest BCUT2D eigenvalue weighted by Crippen LogP contribution is 2.34. The van der Waals surface area contributed by atoms with Gasteiger partial charge in [0, 0.05) is 11.8 Å². The summed E-state index contributed by atoms with van der Waals surface area (Å²) in [5.74, 6) is -0.0856. The zero-order valence-electron chi connectivity index (χ0n) is 16.6. The van der Waals surface area contributed by atoms with Crippen molar-refractivity contribution >= 4 is 11.3 Å². The van der Waals surface area contributed by atoms with Crippen LogP contribution in [0.1, 0.15) is 66.3 Å². The van der Waals surface area contributed by atoms with Gasteiger partial charge in [-0.05, 0) is 37.0 Å². The average Bonchev–Trinajstić information content (AvgIpc) is 3.26. The van der Waals surface area contributed by atoms with Gasteiger partial charge >= 0.3 is 6.18 Å². The van der Waals surface area contributed by atoms with Crippen LogP contribution in [0.5, 0.6) is 0 Å². The zero-order valence-corrected chi connectivity index (χ0v) is 17.5. The van der Waals surface area contributed by atoms with Crippen LogP contribution in [0.25, 0.3) is 10.7 Å². The van der Waals surface area contributed by atoms with E-state index in [-0.39, 0.29) is 22.3 Å². The molecule has 3 aromatic heterocycles. The van der Waals surface area contributed by atoms with Crippen molar-refractivity contribution in [3.63, 3.8) is 0 Å². The Labute approximate surface area is 183 Å². The summed E-state index contributed by atoms with van der Waals surface area (Å²) in [5.41, 5.74) is -1.31. The van der Waals surface area contributed by atoms with Crippen molar-refractivity contribution in [2.75, 3.05) is 0 Å². The van der Waals surface area contributed by atoms with Crippen LogP contribution in [0.15, 0.2) is 29.2 Å². The fourth-order valence-corrected chi connectivity index (χ4v) is 4.53. The van der Waals surface area contributed by atoms with Crippen LogP contribution in [0.2, 0.25) is 0 Å². The molecule has 4 rings (SSSR count). The molecule has 3 heterocycles. The summed E-state index contributed by atoms with van der Waals surface area (Å²) in [5, 5.41) is 10.9. The van der Waals surface area contributed by atoms with Crippen molar-refractivity contribution in [1.29, 1.82) is 0 Å². The van der Waals surface area contributed by atoms with Crippen molar-refractivity contribution in [1.82, 2.24) is 25.0 Å². The number of halogens is 5. The minimum Gasteiger partial charge on any atom is -0.267 e. The van der Waals surface area contributed by atoms with E-state index in [0.29, 0.717) is 16.9 Å². The number of nitrogens with zero attached hydrogens (tertiary/aromatic N) is 5. The second kappa shape index (κ2) is 9.00. The molecule has 0 unspecified atom stereocenters. The Morgan fingerprint density at radius 2 is 1.91 bits per heavy atom. The van der Waals surface area contributed by atoms with Crippen LogP contribution in [0.4, 0.5) is 22.0 Å². The van der Waals surface area contributed by atoms with E-state index in [1.807, 2.05) is 0 Å². The Morgan fingerprint density at radius 3 is 2.56 bits per heavy atom.